The number of pyridine rings is 1. The number of carbonyl (C=O) groups is 1. The lowest BCUT2D eigenvalue weighted by Gasteiger charge is -2.14. The van der Waals surface area contributed by atoms with Crippen LogP contribution in [-0.2, 0) is 6.42 Å². The van der Waals surface area contributed by atoms with Crippen LogP contribution in [0.1, 0.15) is 29.3 Å². The fourth-order valence-electron chi connectivity index (χ4n) is 3.76. The van der Waals surface area contributed by atoms with Crippen LogP contribution in [0.4, 0.5) is 10.1 Å². The minimum absolute atomic E-state index is 0.0172. The van der Waals surface area contributed by atoms with Gasteiger partial charge in [-0.3, -0.25) is 15.1 Å². The molecular weight excluding hydrogens is 493 g/mol. The molecule has 0 atom stereocenters. The van der Waals surface area contributed by atoms with Crippen LogP contribution in [0.15, 0.2) is 66.9 Å². The number of rotatable bonds is 8. The van der Waals surface area contributed by atoms with Crippen LogP contribution in [0.25, 0.3) is 10.9 Å². The predicted molar refractivity (Wildman–Crippen MR) is 145 cm³/mol. The molecule has 0 aliphatic carbocycles. The molecule has 0 saturated heterocycles. The summed E-state index contributed by atoms with van der Waals surface area (Å²) in [5, 5.41) is 5.95. The maximum absolute atomic E-state index is 14.9. The molecule has 7 nitrogen and oxygen atoms in total. The van der Waals surface area contributed by atoms with E-state index in [0.717, 1.165) is 18.4 Å². The number of nitrogens with zero attached hydrogens (tertiary/aromatic N) is 1. The van der Waals surface area contributed by atoms with E-state index >= 15 is 0 Å². The number of benzene rings is 3. The number of carbonyl (C=O) groups excluding carboxylic acids is 1. The highest BCUT2D eigenvalue weighted by atomic mass is 32.1. The fourth-order valence-corrected chi connectivity index (χ4v) is 3.97. The maximum atomic E-state index is 14.9. The Kier molecular flexibility index (Phi) is 8.15. The highest BCUT2D eigenvalue weighted by Gasteiger charge is 2.14. The van der Waals surface area contributed by atoms with Crippen molar-refractivity contribution in [3.8, 4) is 23.0 Å². The minimum Gasteiger partial charge on any atom is -0.493 e. The lowest BCUT2D eigenvalue weighted by Crippen LogP contribution is -2.34. The van der Waals surface area contributed by atoms with Crippen LogP contribution in [0.2, 0.25) is 0 Å². The van der Waals surface area contributed by atoms with Gasteiger partial charge in [0.15, 0.2) is 16.6 Å². The van der Waals surface area contributed by atoms with E-state index in [2.05, 4.69) is 22.5 Å². The summed E-state index contributed by atoms with van der Waals surface area (Å²) in [6.45, 7) is 2.10. The monoisotopic (exact) mass is 519 g/mol. The Hall–Kier alpha value is -4.24. The van der Waals surface area contributed by atoms with Gasteiger partial charge in [-0.2, -0.15) is 0 Å². The number of aryl methyl sites for hydroxylation is 1. The summed E-state index contributed by atoms with van der Waals surface area (Å²) in [7, 11) is 3.09. The number of fused-ring (bicyclic) bond motifs is 1. The first kappa shape index (κ1) is 25.8. The summed E-state index contributed by atoms with van der Waals surface area (Å²) in [6.07, 6.45) is 3.56. The number of aromatic nitrogens is 1. The van der Waals surface area contributed by atoms with Gasteiger partial charge in [0.25, 0.3) is 5.91 Å². The number of hydrogen-bond donors (Lipinski definition) is 2. The number of amides is 1. The normalized spacial score (nSPS) is 10.6. The molecule has 1 aromatic heterocycles. The van der Waals surface area contributed by atoms with Gasteiger partial charge < -0.3 is 19.5 Å². The summed E-state index contributed by atoms with van der Waals surface area (Å²) >= 11 is 5.20. The molecule has 0 unspecified atom stereocenters. The van der Waals surface area contributed by atoms with E-state index in [0.29, 0.717) is 33.7 Å². The summed E-state index contributed by atoms with van der Waals surface area (Å²) in [6, 6.07) is 16.8. The van der Waals surface area contributed by atoms with Crippen LogP contribution >= 0.6 is 12.2 Å². The number of thiocarbonyl (C=S) groups is 1. The van der Waals surface area contributed by atoms with Crippen LogP contribution in [0, 0.1) is 5.82 Å². The third-order valence-corrected chi connectivity index (χ3v) is 5.81. The second kappa shape index (κ2) is 11.7. The largest absolute Gasteiger partial charge is 0.493 e. The Morgan fingerprint density at radius 1 is 0.973 bits per heavy atom. The molecule has 2 N–H and O–H groups in total. The van der Waals surface area contributed by atoms with Crippen molar-refractivity contribution in [2.24, 2.45) is 0 Å². The molecule has 37 heavy (non-hydrogen) atoms. The minimum atomic E-state index is -0.601. The second-order valence-corrected chi connectivity index (χ2v) is 8.54. The third-order valence-electron chi connectivity index (χ3n) is 5.61. The van der Waals surface area contributed by atoms with Crippen molar-refractivity contribution in [1.82, 2.24) is 10.3 Å². The fraction of sp³-hybridized carbons (Fsp3) is 0.179. The summed E-state index contributed by atoms with van der Waals surface area (Å²) < 4.78 is 31.5. The summed E-state index contributed by atoms with van der Waals surface area (Å²) in [5.41, 5.74) is 2.35. The molecule has 9 heteroatoms. The Balaban J connectivity index is 1.45. The molecule has 0 fully saturated rings. The van der Waals surface area contributed by atoms with E-state index in [-0.39, 0.29) is 22.5 Å². The average molecular weight is 520 g/mol. The van der Waals surface area contributed by atoms with Gasteiger partial charge in [0.1, 0.15) is 17.3 Å². The van der Waals surface area contributed by atoms with E-state index in [1.165, 1.54) is 19.2 Å². The highest BCUT2D eigenvalue weighted by molar-refractivity contribution is 7.80. The molecule has 0 spiro atoms. The molecule has 0 aliphatic rings. The summed E-state index contributed by atoms with van der Waals surface area (Å²) in [4.78, 5) is 16.8. The Labute approximate surface area is 219 Å². The van der Waals surface area contributed by atoms with Gasteiger partial charge in [-0.05, 0) is 60.6 Å². The molecule has 4 rings (SSSR count). The first-order valence-corrected chi connectivity index (χ1v) is 12.0. The lowest BCUT2D eigenvalue weighted by atomic mass is 10.1. The molecule has 0 saturated carbocycles. The average Bonchev–Trinajstić information content (AvgIpc) is 2.90. The van der Waals surface area contributed by atoms with Gasteiger partial charge >= 0.3 is 0 Å². The van der Waals surface area contributed by atoms with Crippen molar-refractivity contribution >= 4 is 39.8 Å². The molecule has 0 aliphatic heterocycles. The highest BCUT2D eigenvalue weighted by Crippen LogP contribution is 2.37. The third kappa shape index (κ3) is 6.13. The van der Waals surface area contributed by atoms with Crippen LogP contribution in [-0.4, -0.2) is 30.2 Å². The number of halogens is 1. The van der Waals surface area contributed by atoms with Crippen molar-refractivity contribution in [2.45, 2.75) is 19.8 Å². The molecule has 0 bridgehead atoms. The van der Waals surface area contributed by atoms with Crippen molar-refractivity contribution in [2.75, 3.05) is 19.5 Å². The molecular formula is C28H26FN3O4S. The molecule has 1 amide bonds. The van der Waals surface area contributed by atoms with Crippen LogP contribution in [0.5, 0.6) is 23.0 Å². The van der Waals surface area contributed by atoms with Crippen molar-refractivity contribution in [3.63, 3.8) is 0 Å². The second-order valence-electron chi connectivity index (χ2n) is 8.13. The number of hydrogen-bond acceptors (Lipinski definition) is 6. The SMILES string of the molecule is CCCc1ccc(C(=O)NC(=S)Nc2ccc(Oc3ccnc4cc(OC)c(OC)cc34)cc2F)cc1. The van der Waals surface area contributed by atoms with E-state index < -0.39 is 5.82 Å². The molecule has 190 valence electrons. The van der Waals surface area contributed by atoms with Crippen molar-refractivity contribution < 1.29 is 23.4 Å². The van der Waals surface area contributed by atoms with Gasteiger partial charge in [0.05, 0.1) is 25.4 Å². The first-order valence-electron chi connectivity index (χ1n) is 11.6. The Bertz CT molecular complexity index is 1440. The van der Waals surface area contributed by atoms with E-state index in [4.69, 9.17) is 26.4 Å². The van der Waals surface area contributed by atoms with Gasteiger partial charge in [0.2, 0.25) is 0 Å². The standard InChI is InChI=1S/C28H26FN3O4S/c1-4-5-17-6-8-18(9-7-17)27(33)32-28(37)31-22-11-10-19(14-21(22)29)36-24-12-13-30-23-16-26(35-3)25(34-2)15-20(23)24/h6-16H,4-5H2,1-3H3,(H2,31,32,33,37). The molecule has 3 aromatic carbocycles. The topological polar surface area (TPSA) is 81.7 Å². The zero-order chi connectivity index (χ0) is 26.4. The molecule has 1 heterocycles. The van der Waals surface area contributed by atoms with Crippen molar-refractivity contribution in [3.05, 3.63) is 83.8 Å². The number of ether oxygens (including phenoxy) is 3. The van der Waals surface area contributed by atoms with E-state index in [1.54, 1.807) is 49.7 Å². The van der Waals surface area contributed by atoms with Crippen LogP contribution < -0.4 is 24.8 Å². The zero-order valence-corrected chi connectivity index (χ0v) is 21.4. The predicted octanol–water partition coefficient (Wildman–Crippen LogP) is 6.26. The first-order chi connectivity index (χ1) is 17.9. The van der Waals surface area contributed by atoms with Gasteiger partial charge in [-0.1, -0.05) is 25.5 Å². The van der Waals surface area contributed by atoms with Crippen molar-refractivity contribution in [1.29, 1.82) is 0 Å². The molecule has 4 aromatic rings. The van der Waals surface area contributed by atoms with E-state index in [1.807, 2.05) is 12.1 Å². The molecule has 0 radical (unpaired) electrons. The number of anilines is 1. The van der Waals surface area contributed by atoms with E-state index in [9.17, 15) is 9.18 Å². The maximum Gasteiger partial charge on any atom is 0.257 e. The van der Waals surface area contributed by atoms with Crippen LogP contribution in [0.3, 0.4) is 0 Å². The Morgan fingerprint density at radius 2 is 1.70 bits per heavy atom. The lowest BCUT2D eigenvalue weighted by molar-refractivity contribution is 0.0977. The summed E-state index contributed by atoms with van der Waals surface area (Å²) in [5.74, 6) is 0.822. The zero-order valence-electron chi connectivity index (χ0n) is 20.6. The van der Waals surface area contributed by atoms with Gasteiger partial charge in [-0.25, -0.2) is 4.39 Å². The number of methoxy groups -OCH3 is 2. The quantitative estimate of drug-likeness (QED) is 0.266. The number of nitrogens with one attached hydrogen (secondary N) is 2. The van der Waals surface area contributed by atoms with Gasteiger partial charge in [-0.15, -0.1) is 0 Å². The van der Waals surface area contributed by atoms with Gasteiger partial charge in [0, 0.05) is 29.3 Å². The smallest absolute Gasteiger partial charge is 0.257 e. The Morgan fingerprint density at radius 3 is 2.38 bits per heavy atom.